The summed E-state index contributed by atoms with van der Waals surface area (Å²) in [5, 5.41) is 4.35. The van der Waals surface area contributed by atoms with Gasteiger partial charge in [-0.2, -0.15) is 5.10 Å². The molecule has 7 heteroatoms. The maximum atomic E-state index is 12.4. The van der Waals surface area contributed by atoms with E-state index in [4.69, 9.17) is 0 Å². The van der Waals surface area contributed by atoms with Crippen molar-refractivity contribution in [2.45, 2.75) is 19.8 Å². The number of nitrogens with one attached hydrogen (secondary N) is 2. The molecule has 0 unspecified atom stereocenters. The number of fused-ring (bicyclic) bond motifs is 1. The number of benzene rings is 2. The number of anilines is 1. The number of hydrazine groups is 1. The molecule has 148 valence electrons. The Morgan fingerprint density at radius 3 is 2.62 bits per heavy atom. The largest absolute Gasteiger partial charge is 0.362 e. The number of carbonyl (C=O) groups excluding carboxylic acids is 2. The van der Waals surface area contributed by atoms with Crippen molar-refractivity contribution in [3.8, 4) is 5.69 Å². The van der Waals surface area contributed by atoms with E-state index in [1.54, 1.807) is 10.7 Å². The van der Waals surface area contributed by atoms with E-state index < -0.39 is 5.91 Å². The Bertz CT molecular complexity index is 1030. The molecule has 2 amide bonds. The molecule has 3 aromatic rings. The average molecular weight is 389 g/mol. The first kappa shape index (κ1) is 18.7. The Balaban J connectivity index is 1.36. The van der Waals surface area contributed by atoms with Crippen LogP contribution in [-0.2, 0) is 11.2 Å². The smallest absolute Gasteiger partial charge is 0.290 e. The van der Waals surface area contributed by atoms with Gasteiger partial charge >= 0.3 is 0 Å². The van der Waals surface area contributed by atoms with Gasteiger partial charge in [0.2, 0.25) is 0 Å². The lowest BCUT2D eigenvalue weighted by molar-refractivity contribution is -0.120. The van der Waals surface area contributed by atoms with Gasteiger partial charge in [0.1, 0.15) is 0 Å². The van der Waals surface area contributed by atoms with E-state index >= 15 is 0 Å². The number of amides is 2. The van der Waals surface area contributed by atoms with Crippen LogP contribution in [0.25, 0.3) is 5.69 Å². The minimum absolute atomic E-state index is 0.189. The summed E-state index contributed by atoms with van der Waals surface area (Å²) in [7, 11) is 0. The van der Waals surface area contributed by atoms with E-state index in [1.807, 2.05) is 60.4 Å². The van der Waals surface area contributed by atoms with Crippen LogP contribution in [-0.4, -0.2) is 34.7 Å². The summed E-state index contributed by atoms with van der Waals surface area (Å²) in [5.74, 6) is -0.718. The van der Waals surface area contributed by atoms with E-state index in [2.05, 4.69) is 22.0 Å². The molecule has 0 fully saturated rings. The Morgan fingerprint density at radius 2 is 1.79 bits per heavy atom. The van der Waals surface area contributed by atoms with Crippen molar-refractivity contribution in [3.05, 3.63) is 77.6 Å². The number of rotatable bonds is 4. The summed E-state index contributed by atoms with van der Waals surface area (Å²) in [6.45, 7) is 2.89. The Kier molecular flexibility index (Phi) is 5.29. The van der Waals surface area contributed by atoms with Crippen LogP contribution < -0.4 is 15.8 Å². The van der Waals surface area contributed by atoms with Gasteiger partial charge < -0.3 is 4.90 Å². The number of carbonyl (C=O) groups is 2. The maximum absolute atomic E-state index is 12.4. The summed E-state index contributed by atoms with van der Waals surface area (Å²) in [6, 6.07) is 19.4. The molecule has 1 aliphatic rings. The molecule has 2 aromatic carbocycles. The second-order valence-electron chi connectivity index (χ2n) is 7.07. The molecule has 2 N–H and O–H groups in total. The highest BCUT2D eigenvalue weighted by Gasteiger charge is 2.19. The summed E-state index contributed by atoms with van der Waals surface area (Å²) < 4.78 is 1.70. The van der Waals surface area contributed by atoms with Gasteiger partial charge in [-0.05, 0) is 49.6 Å². The summed E-state index contributed by atoms with van der Waals surface area (Å²) in [6.07, 6.45) is 2.03. The van der Waals surface area contributed by atoms with Crippen molar-refractivity contribution < 1.29 is 9.59 Å². The van der Waals surface area contributed by atoms with Gasteiger partial charge in [-0.1, -0.05) is 36.4 Å². The molecule has 0 atom stereocenters. The van der Waals surface area contributed by atoms with E-state index in [-0.39, 0.29) is 18.1 Å². The SMILES string of the molecule is Cc1cc(C(=O)NNC(=O)CN2CCCc3ccccc32)nn1-c1ccccc1. The predicted molar refractivity (Wildman–Crippen MR) is 111 cm³/mol. The fourth-order valence-corrected chi connectivity index (χ4v) is 3.60. The number of hydrogen-bond donors (Lipinski definition) is 2. The third kappa shape index (κ3) is 4.13. The summed E-state index contributed by atoms with van der Waals surface area (Å²) in [5.41, 5.74) is 9.24. The Morgan fingerprint density at radius 1 is 1.03 bits per heavy atom. The zero-order valence-corrected chi connectivity index (χ0v) is 16.3. The van der Waals surface area contributed by atoms with Crippen molar-refractivity contribution in [1.29, 1.82) is 0 Å². The van der Waals surface area contributed by atoms with Crippen molar-refractivity contribution in [2.75, 3.05) is 18.0 Å². The van der Waals surface area contributed by atoms with Crippen LogP contribution in [0.5, 0.6) is 0 Å². The fourth-order valence-electron chi connectivity index (χ4n) is 3.60. The lowest BCUT2D eigenvalue weighted by atomic mass is 10.0. The van der Waals surface area contributed by atoms with Crippen LogP contribution in [0.3, 0.4) is 0 Å². The second kappa shape index (κ2) is 8.18. The first-order valence-electron chi connectivity index (χ1n) is 9.66. The lowest BCUT2D eigenvalue weighted by Gasteiger charge is -2.30. The molecule has 0 spiro atoms. The van der Waals surface area contributed by atoms with Crippen LogP contribution in [0.4, 0.5) is 5.69 Å². The minimum atomic E-state index is -0.449. The van der Waals surface area contributed by atoms with Crippen molar-refractivity contribution in [2.24, 2.45) is 0 Å². The number of aryl methyl sites for hydroxylation is 2. The molecular weight excluding hydrogens is 366 g/mol. The number of nitrogens with zero attached hydrogens (tertiary/aromatic N) is 3. The predicted octanol–water partition coefficient (Wildman–Crippen LogP) is 2.39. The highest BCUT2D eigenvalue weighted by atomic mass is 16.2. The maximum Gasteiger partial charge on any atom is 0.290 e. The van der Waals surface area contributed by atoms with Gasteiger partial charge in [0, 0.05) is 17.9 Å². The quantitative estimate of drug-likeness (QED) is 0.672. The van der Waals surface area contributed by atoms with E-state index in [0.29, 0.717) is 0 Å². The van der Waals surface area contributed by atoms with Crippen LogP contribution in [0.2, 0.25) is 0 Å². The van der Waals surface area contributed by atoms with Gasteiger partial charge in [-0.3, -0.25) is 20.4 Å². The number of aromatic nitrogens is 2. The van der Waals surface area contributed by atoms with Gasteiger partial charge in [-0.15, -0.1) is 0 Å². The van der Waals surface area contributed by atoms with Crippen LogP contribution in [0.15, 0.2) is 60.7 Å². The molecule has 4 rings (SSSR count). The minimum Gasteiger partial charge on any atom is -0.362 e. The molecule has 2 heterocycles. The van der Waals surface area contributed by atoms with Crippen molar-refractivity contribution in [1.82, 2.24) is 20.6 Å². The highest BCUT2D eigenvalue weighted by Crippen LogP contribution is 2.26. The average Bonchev–Trinajstić information content (AvgIpc) is 3.15. The monoisotopic (exact) mass is 389 g/mol. The molecular formula is C22H23N5O2. The number of para-hydroxylation sites is 2. The van der Waals surface area contributed by atoms with Gasteiger partial charge in [-0.25, -0.2) is 4.68 Å². The zero-order valence-electron chi connectivity index (χ0n) is 16.3. The van der Waals surface area contributed by atoms with Crippen molar-refractivity contribution in [3.63, 3.8) is 0 Å². The lowest BCUT2D eigenvalue weighted by Crippen LogP contribution is -2.47. The summed E-state index contributed by atoms with van der Waals surface area (Å²) >= 11 is 0. The number of hydrogen-bond acceptors (Lipinski definition) is 4. The Labute approximate surface area is 169 Å². The summed E-state index contributed by atoms with van der Waals surface area (Å²) in [4.78, 5) is 26.8. The van der Waals surface area contributed by atoms with E-state index in [0.717, 1.165) is 36.5 Å². The third-order valence-corrected chi connectivity index (χ3v) is 4.98. The van der Waals surface area contributed by atoms with Crippen LogP contribution >= 0.6 is 0 Å². The molecule has 0 saturated heterocycles. The second-order valence-corrected chi connectivity index (χ2v) is 7.07. The highest BCUT2D eigenvalue weighted by molar-refractivity contribution is 5.94. The molecule has 0 radical (unpaired) electrons. The van der Waals surface area contributed by atoms with Crippen LogP contribution in [0.1, 0.15) is 28.2 Å². The molecule has 1 aliphatic heterocycles. The normalized spacial score (nSPS) is 12.9. The Hall–Kier alpha value is -3.61. The standard InChI is InChI=1S/C22H23N5O2/c1-16-14-19(25-27(16)18-10-3-2-4-11-18)22(29)24-23-21(28)15-26-13-7-9-17-8-5-6-12-20(17)26/h2-6,8,10-12,14H,7,9,13,15H2,1H3,(H,23,28)(H,24,29). The molecule has 29 heavy (non-hydrogen) atoms. The molecule has 0 bridgehead atoms. The third-order valence-electron chi connectivity index (χ3n) is 4.98. The van der Waals surface area contributed by atoms with E-state index in [1.165, 1.54) is 5.56 Å². The van der Waals surface area contributed by atoms with Crippen molar-refractivity contribution >= 4 is 17.5 Å². The van der Waals surface area contributed by atoms with Gasteiger partial charge in [0.25, 0.3) is 11.8 Å². The molecule has 1 aromatic heterocycles. The van der Waals surface area contributed by atoms with Gasteiger partial charge in [0.15, 0.2) is 5.69 Å². The molecule has 0 saturated carbocycles. The topological polar surface area (TPSA) is 79.3 Å². The van der Waals surface area contributed by atoms with E-state index in [9.17, 15) is 9.59 Å². The zero-order chi connectivity index (χ0) is 20.2. The first-order chi connectivity index (χ1) is 14.1. The fraction of sp³-hybridized carbons (Fsp3) is 0.227. The first-order valence-corrected chi connectivity index (χ1v) is 9.66. The van der Waals surface area contributed by atoms with Gasteiger partial charge in [0.05, 0.1) is 12.2 Å². The molecule has 7 nitrogen and oxygen atoms in total. The van der Waals surface area contributed by atoms with Crippen LogP contribution in [0, 0.1) is 6.92 Å². The molecule has 0 aliphatic carbocycles.